The van der Waals surface area contributed by atoms with Crippen molar-refractivity contribution in [3.8, 4) is 11.7 Å². The van der Waals surface area contributed by atoms with Crippen molar-refractivity contribution in [3.63, 3.8) is 0 Å². The van der Waals surface area contributed by atoms with Gasteiger partial charge in [0.25, 0.3) is 0 Å². The Morgan fingerprint density at radius 2 is 2.00 bits per heavy atom. The van der Waals surface area contributed by atoms with Gasteiger partial charge < -0.3 is 4.74 Å². The predicted molar refractivity (Wildman–Crippen MR) is 70.7 cm³/mol. The van der Waals surface area contributed by atoms with Crippen LogP contribution in [0.5, 0.6) is 6.01 Å². The van der Waals surface area contributed by atoms with Gasteiger partial charge in [-0.1, -0.05) is 6.07 Å². The monoisotopic (exact) mass is 303 g/mol. The summed E-state index contributed by atoms with van der Waals surface area (Å²) < 4.78 is 21.4. The molecule has 2 heterocycles. The van der Waals surface area contributed by atoms with Gasteiger partial charge in [0.05, 0.1) is 11.3 Å². The first-order chi connectivity index (χ1) is 10.7. The standard InChI is InChI=1S/C12H10FN7O2/c1-19-12(21)20(18-17-19)10-4-2-3-9(13)8(10)5-22-11-15-6-14-7-16-11/h2-4,6-7H,5H2,1H3. The number of nitrogens with zero attached hydrogens (tertiary/aromatic N) is 7. The second-order valence-electron chi connectivity index (χ2n) is 4.24. The summed E-state index contributed by atoms with van der Waals surface area (Å²) >= 11 is 0. The second-order valence-corrected chi connectivity index (χ2v) is 4.24. The van der Waals surface area contributed by atoms with Crippen molar-refractivity contribution >= 4 is 0 Å². The molecule has 0 aliphatic rings. The van der Waals surface area contributed by atoms with Gasteiger partial charge in [0.1, 0.15) is 25.1 Å². The first-order valence-electron chi connectivity index (χ1n) is 6.18. The van der Waals surface area contributed by atoms with E-state index in [1.165, 1.54) is 31.8 Å². The summed E-state index contributed by atoms with van der Waals surface area (Å²) in [6.45, 7) is -0.172. The van der Waals surface area contributed by atoms with E-state index in [1.807, 2.05) is 0 Å². The molecule has 3 aromatic rings. The maximum absolute atomic E-state index is 14.1. The summed E-state index contributed by atoms with van der Waals surface area (Å²) in [5.41, 5.74) is -0.107. The summed E-state index contributed by atoms with van der Waals surface area (Å²) in [7, 11) is 1.45. The molecule has 9 nitrogen and oxygen atoms in total. The van der Waals surface area contributed by atoms with Crippen LogP contribution in [-0.4, -0.2) is 34.7 Å². The third-order valence-corrected chi connectivity index (χ3v) is 2.86. The molecule has 3 rings (SSSR count). The van der Waals surface area contributed by atoms with Gasteiger partial charge in [0, 0.05) is 7.05 Å². The number of halogens is 1. The van der Waals surface area contributed by atoms with E-state index in [4.69, 9.17) is 4.74 Å². The van der Waals surface area contributed by atoms with Crippen molar-refractivity contribution in [2.45, 2.75) is 6.61 Å². The molecular formula is C12H10FN7O2. The molecule has 1 aromatic carbocycles. The van der Waals surface area contributed by atoms with Crippen molar-refractivity contribution in [1.29, 1.82) is 0 Å². The number of hydrogen-bond donors (Lipinski definition) is 0. The molecule has 0 radical (unpaired) electrons. The van der Waals surface area contributed by atoms with Gasteiger partial charge >= 0.3 is 11.7 Å². The number of rotatable bonds is 4. The lowest BCUT2D eigenvalue weighted by Crippen LogP contribution is -2.23. The van der Waals surface area contributed by atoms with Crippen LogP contribution < -0.4 is 10.4 Å². The van der Waals surface area contributed by atoms with Crippen molar-refractivity contribution in [1.82, 2.24) is 34.7 Å². The third kappa shape index (κ3) is 2.53. The molecule has 0 fully saturated rings. The molecule has 0 saturated carbocycles. The molecule has 112 valence electrons. The maximum atomic E-state index is 14.1. The summed E-state index contributed by atoms with van der Waals surface area (Å²) in [6.07, 6.45) is 2.52. The van der Waals surface area contributed by atoms with Gasteiger partial charge in [-0.3, -0.25) is 0 Å². The molecule has 0 spiro atoms. The molecule has 22 heavy (non-hydrogen) atoms. The molecule has 0 bridgehead atoms. The first kappa shape index (κ1) is 13.8. The van der Waals surface area contributed by atoms with Crippen LogP contribution in [0.4, 0.5) is 4.39 Å². The molecule has 0 saturated heterocycles. The average Bonchev–Trinajstić information content (AvgIpc) is 2.86. The molecule has 0 amide bonds. The second kappa shape index (κ2) is 5.68. The van der Waals surface area contributed by atoms with E-state index in [0.717, 1.165) is 9.36 Å². The number of tetrazole rings is 1. The Morgan fingerprint density at radius 1 is 1.23 bits per heavy atom. The fourth-order valence-electron chi connectivity index (χ4n) is 1.79. The molecule has 0 aliphatic carbocycles. The Hall–Kier alpha value is -3.17. The lowest BCUT2D eigenvalue weighted by atomic mass is 10.2. The van der Waals surface area contributed by atoms with Crippen LogP contribution >= 0.6 is 0 Å². The van der Waals surface area contributed by atoms with Crippen molar-refractivity contribution in [2.24, 2.45) is 7.05 Å². The minimum absolute atomic E-state index is 0.0516. The zero-order valence-electron chi connectivity index (χ0n) is 11.4. The van der Waals surface area contributed by atoms with Crippen molar-refractivity contribution in [3.05, 3.63) is 52.7 Å². The van der Waals surface area contributed by atoms with Crippen LogP contribution in [0.3, 0.4) is 0 Å². The SMILES string of the molecule is Cn1nnn(-c2cccc(F)c2COc2ncncn2)c1=O. The minimum Gasteiger partial charge on any atom is -0.458 e. The number of aromatic nitrogens is 7. The normalized spacial score (nSPS) is 10.6. The van der Waals surface area contributed by atoms with Crippen LogP contribution in [0.1, 0.15) is 5.56 Å². The van der Waals surface area contributed by atoms with E-state index in [1.54, 1.807) is 6.07 Å². The minimum atomic E-state index is -0.538. The Labute approximate surface area is 123 Å². The summed E-state index contributed by atoms with van der Waals surface area (Å²) in [4.78, 5) is 23.1. The largest absolute Gasteiger partial charge is 0.458 e. The van der Waals surface area contributed by atoms with Gasteiger partial charge in [0.15, 0.2) is 0 Å². The molecule has 10 heteroatoms. The van der Waals surface area contributed by atoms with Gasteiger partial charge in [-0.2, -0.15) is 19.3 Å². The van der Waals surface area contributed by atoms with Crippen LogP contribution in [0.25, 0.3) is 5.69 Å². The van der Waals surface area contributed by atoms with E-state index in [9.17, 15) is 9.18 Å². The summed E-state index contributed by atoms with van der Waals surface area (Å²) in [6, 6.07) is 4.33. The number of aryl methyl sites for hydroxylation is 1. The van der Waals surface area contributed by atoms with E-state index < -0.39 is 11.5 Å². The van der Waals surface area contributed by atoms with Crippen LogP contribution in [0, 0.1) is 5.82 Å². The molecule has 0 unspecified atom stereocenters. The highest BCUT2D eigenvalue weighted by Gasteiger charge is 2.15. The van der Waals surface area contributed by atoms with Crippen molar-refractivity contribution in [2.75, 3.05) is 0 Å². The van der Waals surface area contributed by atoms with E-state index in [-0.39, 0.29) is 23.9 Å². The summed E-state index contributed by atoms with van der Waals surface area (Å²) in [5.74, 6) is -0.538. The van der Waals surface area contributed by atoms with E-state index in [0.29, 0.717) is 0 Å². The fourth-order valence-corrected chi connectivity index (χ4v) is 1.79. The Kier molecular flexibility index (Phi) is 3.56. The topological polar surface area (TPSA) is 101 Å². The van der Waals surface area contributed by atoms with Gasteiger partial charge in [-0.25, -0.2) is 14.2 Å². The number of ether oxygens (including phenoxy) is 1. The smallest absolute Gasteiger partial charge is 0.368 e. The van der Waals surface area contributed by atoms with Crippen LogP contribution in [0.2, 0.25) is 0 Å². The quantitative estimate of drug-likeness (QED) is 0.661. The maximum Gasteiger partial charge on any atom is 0.368 e. The lowest BCUT2D eigenvalue weighted by molar-refractivity contribution is 0.273. The predicted octanol–water partition coefficient (Wildman–Crippen LogP) is -0.131. The number of benzene rings is 1. The Morgan fingerprint density at radius 3 is 2.68 bits per heavy atom. The first-order valence-corrected chi connectivity index (χ1v) is 6.18. The van der Waals surface area contributed by atoms with Crippen LogP contribution in [0.15, 0.2) is 35.6 Å². The van der Waals surface area contributed by atoms with E-state index >= 15 is 0 Å². The molecule has 0 atom stereocenters. The zero-order valence-corrected chi connectivity index (χ0v) is 11.4. The average molecular weight is 303 g/mol. The molecular weight excluding hydrogens is 293 g/mol. The third-order valence-electron chi connectivity index (χ3n) is 2.86. The number of hydrogen-bond acceptors (Lipinski definition) is 7. The zero-order chi connectivity index (χ0) is 15.5. The highest BCUT2D eigenvalue weighted by atomic mass is 19.1. The lowest BCUT2D eigenvalue weighted by Gasteiger charge is -2.09. The van der Waals surface area contributed by atoms with Gasteiger partial charge in [0.2, 0.25) is 0 Å². The Bertz CT molecular complexity index is 846. The highest BCUT2D eigenvalue weighted by Crippen LogP contribution is 2.17. The van der Waals surface area contributed by atoms with E-state index in [2.05, 4.69) is 25.4 Å². The Balaban J connectivity index is 1.97. The van der Waals surface area contributed by atoms with Crippen LogP contribution in [-0.2, 0) is 13.7 Å². The summed E-state index contributed by atoms with van der Waals surface area (Å²) in [5, 5.41) is 7.30. The molecule has 0 N–H and O–H groups in total. The molecule has 0 aliphatic heterocycles. The fraction of sp³-hybridized carbons (Fsp3) is 0.167. The highest BCUT2D eigenvalue weighted by molar-refractivity contribution is 5.40. The van der Waals surface area contributed by atoms with Gasteiger partial charge in [-0.05, 0) is 22.6 Å². The molecule has 2 aromatic heterocycles. The van der Waals surface area contributed by atoms with Gasteiger partial charge in [-0.15, -0.1) is 0 Å². The van der Waals surface area contributed by atoms with Crippen molar-refractivity contribution < 1.29 is 9.13 Å².